The second-order valence-corrected chi connectivity index (χ2v) is 4.43. The van der Waals surface area contributed by atoms with Crippen molar-refractivity contribution in [1.82, 2.24) is 10.3 Å². The van der Waals surface area contributed by atoms with Crippen molar-refractivity contribution in [3.05, 3.63) is 59.9 Å². The van der Waals surface area contributed by atoms with Crippen molar-refractivity contribution in [2.45, 2.75) is 19.9 Å². The number of nitrogens with zero attached hydrogens (tertiary/aromatic N) is 1. The van der Waals surface area contributed by atoms with Crippen molar-refractivity contribution in [3.63, 3.8) is 0 Å². The molecule has 0 saturated carbocycles. The molecule has 1 N–H and O–H groups in total. The average molecular weight is 270 g/mol. The highest BCUT2D eigenvalue weighted by Crippen LogP contribution is 2.14. The number of carbonyl (C=O) groups excluding carboxylic acids is 1. The van der Waals surface area contributed by atoms with Crippen LogP contribution < -0.4 is 10.1 Å². The summed E-state index contributed by atoms with van der Waals surface area (Å²) in [5.41, 5.74) is 1.65. The number of benzene rings is 1. The largest absolute Gasteiger partial charge is 0.494 e. The molecular weight excluding hydrogens is 252 g/mol. The van der Waals surface area contributed by atoms with Crippen molar-refractivity contribution in [1.29, 1.82) is 0 Å². The molecule has 0 aliphatic rings. The predicted molar refractivity (Wildman–Crippen MR) is 77.7 cm³/mol. The first kappa shape index (κ1) is 14.1. The van der Waals surface area contributed by atoms with Gasteiger partial charge in [-0.1, -0.05) is 0 Å². The summed E-state index contributed by atoms with van der Waals surface area (Å²) in [5, 5.41) is 2.96. The van der Waals surface area contributed by atoms with Gasteiger partial charge in [-0.2, -0.15) is 0 Å². The van der Waals surface area contributed by atoms with E-state index in [9.17, 15) is 4.79 Å². The average Bonchev–Trinajstić information content (AvgIpc) is 2.49. The third kappa shape index (κ3) is 3.57. The standard InChI is InChI=1S/C16H18N2O2/c1-3-20-15-6-4-14(5-7-15)16(19)18-12(2)13-8-10-17-11-9-13/h4-12H,3H2,1-2H3,(H,18,19)/t12-/m1/s1. The minimum absolute atomic E-state index is 0.0583. The summed E-state index contributed by atoms with van der Waals surface area (Å²) in [6.45, 7) is 4.49. The highest BCUT2D eigenvalue weighted by Gasteiger charge is 2.11. The van der Waals surface area contributed by atoms with E-state index in [1.54, 1.807) is 36.7 Å². The van der Waals surface area contributed by atoms with Gasteiger partial charge in [0.15, 0.2) is 0 Å². The molecule has 4 heteroatoms. The fourth-order valence-electron chi connectivity index (χ4n) is 1.88. The van der Waals surface area contributed by atoms with E-state index in [2.05, 4.69) is 10.3 Å². The quantitative estimate of drug-likeness (QED) is 0.908. The molecule has 0 aliphatic heterocycles. The van der Waals surface area contributed by atoms with E-state index in [1.807, 2.05) is 26.0 Å². The van der Waals surface area contributed by atoms with Gasteiger partial charge in [-0.15, -0.1) is 0 Å². The highest BCUT2D eigenvalue weighted by molar-refractivity contribution is 5.94. The van der Waals surface area contributed by atoms with Crippen molar-refractivity contribution >= 4 is 5.91 Å². The van der Waals surface area contributed by atoms with Crippen molar-refractivity contribution in [2.75, 3.05) is 6.61 Å². The molecule has 1 aromatic carbocycles. The number of aromatic nitrogens is 1. The van der Waals surface area contributed by atoms with Gasteiger partial charge in [-0.3, -0.25) is 9.78 Å². The SMILES string of the molecule is CCOc1ccc(C(=O)N[C@H](C)c2ccncc2)cc1. The molecular formula is C16H18N2O2. The number of carbonyl (C=O) groups is 1. The van der Waals surface area contributed by atoms with E-state index in [0.29, 0.717) is 12.2 Å². The number of ether oxygens (including phenoxy) is 1. The maximum absolute atomic E-state index is 12.1. The molecule has 2 rings (SSSR count). The molecule has 0 aliphatic carbocycles. The second kappa shape index (κ2) is 6.70. The lowest BCUT2D eigenvalue weighted by atomic mass is 10.1. The number of nitrogens with one attached hydrogen (secondary N) is 1. The Morgan fingerprint density at radius 1 is 1.20 bits per heavy atom. The van der Waals surface area contributed by atoms with Gasteiger partial charge in [0.25, 0.3) is 5.91 Å². The second-order valence-electron chi connectivity index (χ2n) is 4.43. The predicted octanol–water partition coefficient (Wildman–Crippen LogP) is 2.97. The van der Waals surface area contributed by atoms with Crippen LogP contribution in [-0.2, 0) is 0 Å². The monoisotopic (exact) mass is 270 g/mol. The van der Waals surface area contributed by atoms with Crippen molar-refractivity contribution in [2.24, 2.45) is 0 Å². The smallest absolute Gasteiger partial charge is 0.251 e. The minimum Gasteiger partial charge on any atom is -0.494 e. The molecule has 1 heterocycles. The van der Waals surface area contributed by atoms with Gasteiger partial charge < -0.3 is 10.1 Å². The lowest BCUT2D eigenvalue weighted by Gasteiger charge is -2.14. The van der Waals surface area contributed by atoms with Crippen molar-refractivity contribution < 1.29 is 9.53 Å². The molecule has 2 aromatic rings. The topological polar surface area (TPSA) is 51.2 Å². The number of rotatable bonds is 5. The summed E-state index contributed by atoms with van der Waals surface area (Å²) in [5.74, 6) is 0.670. The van der Waals surface area contributed by atoms with Crippen LogP contribution in [0, 0.1) is 0 Å². The molecule has 104 valence electrons. The Balaban J connectivity index is 2.01. The van der Waals surface area contributed by atoms with Gasteiger partial charge in [0, 0.05) is 18.0 Å². The summed E-state index contributed by atoms with van der Waals surface area (Å²) < 4.78 is 5.35. The van der Waals surface area contributed by atoms with Crippen LogP contribution in [0.1, 0.15) is 35.8 Å². The summed E-state index contributed by atoms with van der Waals surface area (Å²) in [7, 11) is 0. The fraction of sp³-hybridized carbons (Fsp3) is 0.250. The van der Waals surface area contributed by atoms with E-state index < -0.39 is 0 Å². The number of hydrogen-bond donors (Lipinski definition) is 1. The van der Waals surface area contributed by atoms with Gasteiger partial charge in [-0.25, -0.2) is 0 Å². The van der Waals surface area contributed by atoms with Crippen LogP contribution in [0.3, 0.4) is 0 Å². The highest BCUT2D eigenvalue weighted by atomic mass is 16.5. The first-order chi connectivity index (χ1) is 9.70. The summed E-state index contributed by atoms with van der Waals surface area (Å²) >= 11 is 0. The lowest BCUT2D eigenvalue weighted by Crippen LogP contribution is -2.26. The Bertz CT molecular complexity index is 552. The van der Waals surface area contributed by atoms with Gasteiger partial charge in [-0.05, 0) is 55.8 Å². The maximum atomic E-state index is 12.1. The third-order valence-electron chi connectivity index (χ3n) is 2.98. The molecule has 0 radical (unpaired) electrons. The number of pyridine rings is 1. The van der Waals surface area contributed by atoms with Crippen LogP contribution in [0.4, 0.5) is 0 Å². The van der Waals surface area contributed by atoms with E-state index in [1.165, 1.54) is 0 Å². The molecule has 0 bridgehead atoms. The molecule has 20 heavy (non-hydrogen) atoms. The first-order valence-corrected chi connectivity index (χ1v) is 6.64. The van der Waals surface area contributed by atoms with E-state index >= 15 is 0 Å². The van der Waals surface area contributed by atoms with Crippen LogP contribution in [-0.4, -0.2) is 17.5 Å². The Labute approximate surface area is 118 Å². The molecule has 1 amide bonds. The Kier molecular flexibility index (Phi) is 4.71. The minimum atomic E-state index is -0.0997. The number of amides is 1. The number of hydrogen-bond acceptors (Lipinski definition) is 3. The summed E-state index contributed by atoms with van der Waals surface area (Å²) in [6, 6.07) is 10.9. The first-order valence-electron chi connectivity index (χ1n) is 6.64. The van der Waals surface area contributed by atoms with E-state index in [-0.39, 0.29) is 11.9 Å². The van der Waals surface area contributed by atoms with Crippen LogP contribution in [0.2, 0.25) is 0 Å². The van der Waals surface area contributed by atoms with Gasteiger partial charge in [0.1, 0.15) is 5.75 Å². The summed E-state index contributed by atoms with van der Waals surface area (Å²) in [4.78, 5) is 16.1. The Morgan fingerprint density at radius 3 is 2.45 bits per heavy atom. The molecule has 0 spiro atoms. The van der Waals surface area contributed by atoms with Gasteiger partial charge >= 0.3 is 0 Å². The Morgan fingerprint density at radius 2 is 1.85 bits per heavy atom. The normalized spacial score (nSPS) is 11.7. The van der Waals surface area contributed by atoms with Gasteiger partial charge in [0.2, 0.25) is 0 Å². The van der Waals surface area contributed by atoms with E-state index in [0.717, 1.165) is 11.3 Å². The van der Waals surface area contributed by atoms with Crippen LogP contribution >= 0.6 is 0 Å². The molecule has 4 nitrogen and oxygen atoms in total. The Hall–Kier alpha value is -2.36. The molecule has 0 unspecified atom stereocenters. The van der Waals surface area contributed by atoms with Crippen molar-refractivity contribution in [3.8, 4) is 5.75 Å². The maximum Gasteiger partial charge on any atom is 0.251 e. The van der Waals surface area contributed by atoms with Crippen LogP contribution in [0.5, 0.6) is 5.75 Å². The zero-order chi connectivity index (χ0) is 14.4. The molecule has 0 saturated heterocycles. The van der Waals surface area contributed by atoms with E-state index in [4.69, 9.17) is 4.74 Å². The fourth-order valence-corrected chi connectivity index (χ4v) is 1.88. The molecule has 0 fully saturated rings. The molecule has 1 aromatic heterocycles. The third-order valence-corrected chi connectivity index (χ3v) is 2.98. The zero-order valence-corrected chi connectivity index (χ0v) is 11.7. The molecule has 1 atom stereocenters. The van der Waals surface area contributed by atoms with Gasteiger partial charge in [0.05, 0.1) is 12.6 Å². The zero-order valence-electron chi connectivity index (χ0n) is 11.7. The van der Waals surface area contributed by atoms with Crippen LogP contribution in [0.15, 0.2) is 48.8 Å². The summed E-state index contributed by atoms with van der Waals surface area (Å²) in [6.07, 6.45) is 3.43. The lowest BCUT2D eigenvalue weighted by molar-refractivity contribution is 0.0940. The van der Waals surface area contributed by atoms with Crippen LogP contribution in [0.25, 0.3) is 0 Å².